The Kier molecular flexibility index (Phi) is 5.14. The Morgan fingerprint density at radius 3 is 2.93 bits per heavy atom. The zero-order chi connectivity index (χ0) is 10.4. The van der Waals surface area contributed by atoms with Gasteiger partial charge in [-0.15, -0.1) is 11.3 Å². The second kappa shape index (κ2) is 6.16. The summed E-state index contributed by atoms with van der Waals surface area (Å²) in [5, 5.41) is 4.16. The van der Waals surface area contributed by atoms with Gasteiger partial charge in [0.1, 0.15) is 0 Å². The first-order valence-electron chi connectivity index (χ1n) is 4.36. The SMILES string of the molecule is COc1ccc(CNCCS(C)=O)s1. The van der Waals surface area contributed by atoms with Gasteiger partial charge < -0.3 is 10.1 Å². The average Bonchev–Trinajstić information content (AvgIpc) is 2.60. The molecule has 1 heterocycles. The smallest absolute Gasteiger partial charge is 0.173 e. The van der Waals surface area contributed by atoms with Crippen LogP contribution in [0.1, 0.15) is 4.88 Å². The molecule has 0 saturated carbocycles. The van der Waals surface area contributed by atoms with Crippen molar-refractivity contribution in [3.05, 3.63) is 17.0 Å². The van der Waals surface area contributed by atoms with Crippen molar-refractivity contribution in [3.8, 4) is 5.06 Å². The van der Waals surface area contributed by atoms with Crippen LogP contribution >= 0.6 is 11.3 Å². The topological polar surface area (TPSA) is 38.3 Å². The molecule has 0 saturated heterocycles. The Morgan fingerprint density at radius 1 is 1.57 bits per heavy atom. The Morgan fingerprint density at radius 2 is 2.36 bits per heavy atom. The van der Waals surface area contributed by atoms with Crippen molar-refractivity contribution >= 4 is 22.1 Å². The largest absolute Gasteiger partial charge is 0.487 e. The van der Waals surface area contributed by atoms with Gasteiger partial charge in [0.25, 0.3) is 0 Å². The van der Waals surface area contributed by atoms with Crippen LogP contribution in [0.4, 0.5) is 0 Å². The summed E-state index contributed by atoms with van der Waals surface area (Å²) in [6, 6.07) is 4.00. The van der Waals surface area contributed by atoms with E-state index in [2.05, 4.69) is 5.32 Å². The highest BCUT2D eigenvalue weighted by Crippen LogP contribution is 2.23. The van der Waals surface area contributed by atoms with Crippen LogP contribution < -0.4 is 10.1 Å². The summed E-state index contributed by atoms with van der Waals surface area (Å²) >= 11 is 1.63. The zero-order valence-electron chi connectivity index (χ0n) is 8.41. The molecule has 0 spiro atoms. The minimum atomic E-state index is -0.704. The Labute approximate surface area is 90.9 Å². The number of nitrogens with one attached hydrogen (secondary N) is 1. The lowest BCUT2D eigenvalue weighted by Crippen LogP contribution is -2.18. The van der Waals surface area contributed by atoms with Gasteiger partial charge >= 0.3 is 0 Å². The van der Waals surface area contributed by atoms with Crippen molar-refractivity contribution in [3.63, 3.8) is 0 Å². The van der Waals surface area contributed by atoms with Crippen LogP contribution in [0.5, 0.6) is 5.06 Å². The predicted molar refractivity (Wildman–Crippen MR) is 61.5 cm³/mol. The fourth-order valence-electron chi connectivity index (χ4n) is 0.990. The lowest BCUT2D eigenvalue weighted by molar-refractivity contribution is 0.427. The van der Waals surface area contributed by atoms with Crippen LogP contribution in [0.15, 0.2) is 12.1 Å². The number of methoxy groups -OCH3 is 1. The maximum Gasteiger partial charge on any atom is 0.173 e. The summed E-state index contributed by atoms with van der Waals surface area (Å²) in [7, 11) is 0.966. The van der Waals surface area contributed by atoms with Gasteiger partial charge in [-0.1, -0.05) is 0 Å². The molecule has 1 atom stereocenters. The molecule has 1 aromatic heterocycles. The minimum Gasteiger partial charge on any atom is -0.487 e. The summed E-state index contributed by atoms with van der Waals surface area (Å²) in [5.41, 5.74) is 0. The summed E-state index contributed by atoms with van der Waals surface area (Å²) < 4.78 is 15.8. The van der Waals surface area contributed by atoms with Crippen LogP contribution in [0, 0.1) is 0 Å². The number of thiophene rings is 1. The fraction of sp³-hybridized carbons (Fsp3) is 0.556. The second-order valence-electron chi connectivity index (χ2n) is 2.88. The lowest BCUT2D eigenvalue weighted by Gasteiger charge is -2.00. The van der Waals surface area contributed by atoms with Gasteiger partial charge in [0.05, 0.1) is 7.11 Å². The van der Waals surface area contributed by atoms with Gasteiger partial charge in [-0.2, -0.15) is 0 Å². The Hall–Kier alpha value is -0.390. The van der Waals surface area contributed by atoms with Crippen LogP contribution in [0.2, 0.25) is 0 Å². The normalized spacial score (nSPS) is 12.7. The fourth-order valence-corrected chi connectivity index (χ4v) is 2.21. The van der Waals surface area contributed by atoms with Crippen molar-refractivity contribution in [1.29, 1.82) is 0 Å². The third-order valence-corrected chi connectivity index (χ3v) is 3.53. The number of rotatable bonds is 6. The molecule has 0 aliphatic carbocycles. The Bertz CT molecular complexity index is 299. The maximum absolute atomic E-state index is 10.8. The number of hydrogen-bond acceptors (Lipinski definition) is 4. The van der Waals surface area contributed by atoms with Crippen molar-refractivity contribution in [2.75, 3.05) is 25.7 Å². The van der Waals surface area contributed by atoms with E-state index in [1.54, 1.807) is 24.7 Å². The van der Waals surface area contributed by atoms with Crippen molar-refractivity contribution in [2.45, 2.75) is 6.54 Å². The van der Waals surface area contributed by atoms with Gasteiger partial charge in [-0.25, -0.2) is 0 Å². The molecule has 0 radical (unpaired) electrons. The van der Waals surface area contributed by atoms with E-state index in [-0.39, 0.29) is 0 Å². The van der Waals surface area contributed by atoms with Crippen molar-refractivity contribution in [2.24, 2.45) is 0 Å². The molecule has 1 unspecified atom stereocenters. The maximum atomic E-state index is 10.8. The van der Waals surface area contributed by atoms with E-state index in [9.17, 15) is 4.21 Å². The molecule has 14 heavy (non-hydrogen) atoms. The second-order valence-corrected chi connectivity index (χ2v) is 5.56. The molecule has 0 fully saturated rings. The van der Waals surface area contributed by atoms with E-state index in [4.69, 9.17) is 4.74 Å². The average molecular weight is 233 g/mol. The lowest BCUT2D eigenvalue weighted by atomic mass is 10.4. The van der Waals surface area contributed by atoms with E-state index < -0.39 is 10.8 Å². The van der Waals surface area contributed by atoms with Crippen molar-refractivity contribution < 1.29 is 8.95 Å². The molecule has 1 rings (SSSR count). The van der Waals surface area contributed by atoms with Crippen LogP contribution in [0.3, 0.4) is 0 Å². The Balaban J connectivity index is 2.21. The first kappa shape index (κ1) is 11.7. The standard InChI is InChI=1S/C9H15NO2S2/c1-12-9-4-3-8(13-9)7-10-5-6-14(2)11/h3-4,10H,5-7H2,1-2H3. The van der Waals surface area contributed by atoms with E-state index in [0.29, 0.717) is 5.75 Å². The molecule has 0 aliphatic rings. The third kappa shape index (κ3) is 4.21. The molecule has 5 heteroatoms. The first-order valence-corrected chi connectivity index (χ1v) is 6.90. The third-order valence-electron chi connectivity index (χ3n) is 1.70. The van der Waals surface area contributed by atoms with Gasteiger partial charge in [-0.05, 0) is 12.1 Å². The van der Waals surface area contributed by atoms with Gasteiger partial charge in [0, 0.05) is 40.8 Å². The number of hydrogen-bond donors (Lipinski definition) is 1. The molecule has 0 aliphatic heterocycles. The van der Waals surface area contributed by atoms with Crippen molar-refractivity contribution in [1.82, 2.24) is 5.32 Å². The summed E-state index contributed by atoms with van der Waals surface area (Å²) in [6.45, 7) is 1.62. The molecular formula is C9H15NO2S2. The highest BCUT2D eigenvalue weighted by molar-refractivity contribution is 7.84. The van der Waals surface area contributed by atoms with E-state index in [1.807, 2.05) is 12.1 Å². The highest BCUT2D eigenvalue weighted by Gasteiger charge is 1.99. The highest BCUT2D eigenvalue weighted by atomic mass is 32.2. The molecule has 3 nitrogen and oxygen atoms in total. The van der Waals surface area contributed by atoms with Crippen LogP contribution in [0.25, 0.3) is 0 Å². The molecule has 0 aromatic carbocycles. The summed E-state index contributed by atoms with van der Waals surface area (Å²) in [4.78, 5) is 1.24. The van der Waals surface area contributed by atoms with Crippen LogP contribution in [-0.4, -0.2) is 29.9 Å². The van der Waals surface area contributed by atoms with Gasteiger partial charge in [0.15, 0.2) is 5.06 Å². The summed E-state index contributed by atoms with van der Waals surface area (Å²) in [6.07, 6.45) is 1.72. The zero-order valence-corrected chi connectivity index (χ0v) is 10.0. The van der Waals surface area contributed by atoms with Gasteiger partial charge in [-0.3, -0.25) is 4.21 Å². The first-order chi connectivity index (χ1) is 6.72. The molecule has 1 N–H and O–H groups in total. The van der Waals surface area contributed by atoms with E-state index >= 15 is 0 Å². The predicted octanol–water partition coefficient (Wildman–Crippen LogP) is 1.22. The molecule has 0 amide bonds. The number of ether oxygens (including phenoxy) is 1. The molecule has 1 aromatic rings. The van der Waals surface area contributed by atoms with Gasteiger partial charge in [0.2, 0.25) is 0 Å². The van der Waals surface area contributed by atoms with E-state index in [0.717, 1.165) is 18.2 Å². The van der Waals surface area contributed by atoms with Crippen LogP contribution in [-0.2, 0) is 17.3 Å². The summed E-state index contributed by atoms with van der Waals surface area (Å²) in [5.74, 6) is 0.711. The monoisotopic (exact) mass is 233 g/mol. The molecule has 80 valence electrons. The molecular weight excluding hydrogens is 218 g/mol. The van der Waals surface area contributed by atoms with E-state index in [1.165, 1.54) is 4.88 Å². The quantitative estimate of drug-likeness (QED) is 0.751. The molecule has 0 bridgehead atoms. The minimum absolute atomic E-state index is 0.704.